The topological polar surface area (TPSA) is 51.2 Å². The zero-order valence-electron chi connectivity index (χ0n) is 18.8. The molecule has 0 saturated carbocycles. The quantitative estimate of drug-likeness (QED) is 0.355. The van der Waals surface area contributed by atoms with Gasteiger partial charge in [0.05, 0.1) is 33.2 Å². The number of likely N-dealkylation sites (N-methyl/N-ethyl adjacent to an activating group) is 1. The van der Waals surface area contributed by atoms with Gasteiger partial charge in [0.15, 0.2) is 0 Å². The molecule has 0 aliphatic carbocycles. The molecule has 1 aromatic heterocycles. The Morgan fingerprint density at radius 2 is 1.61 bits per heavy atom. The van der Waals surface area contributed by atoms with Gasteiger partial charge in [-0.15, -0.1) is 0 Å². The lowest BCUT2D eigenvalue weighted by atomic mass is 10.1. The number of likely N-dealkylation sites (tertiary alicyclic amines) is 1. The van der Waals surface area contributed by atoms with Crippen molar-refractivity contribution in [2.75, 3.05) is 33.2 Å². The summed E-state index contributed by atoms with van der Waals surface area (Å²) in [4.78, 5) is 16.9. The number of quaternary nitrogens is 1. The minimum atomic E-state index is -0.299. The molecule has 4 rings (SSSR count). The number of hydrogen-bond donors (Lipinski definition) is 1. The van der Waals surface area contributed by atoms with Crippen molar-refractivity contribution in [1.82, 2.24) is 10.3 Å². The summed E-state index contributed by atoms with van der Waals surface area (Å²) < 4.78 is 19.8. The fraction of sp³-hybridized carbons (Fsp3) is 0.308. The second-order valence-corrected chi connectivity index (χ2v) is 8.62. The Labute approximate surface area is 211 Å². The number of rotatable bonds is 7. The molecule has 0 bridgehead atoms. The van der Waals surface area contributed by atoms with Gasteiger partial charge in [0.25, 0.3) is 5.91 Å². The molecular formula is C26H29FIN3O2. The van der Waals surface area contributed by atoms with Gasteiger partial charge in [-0.25, -0.2) is 4.39 Å². The lowest BCUT2D eigenvalue weighted by molar-refractivity contribution is -0.912. The van der Waals surface area contributed by atoms with Crippen molar-refractivity contribution in [2.24, 2.45) is 0 Å². The molecule has 33 heavy (non-hydrogen) atoms. The molecule has 0 unspecified atom stereocenters. The first kappa shape index (κ1) is 25.1. The maximum atomic E-state index is 13.0. The van der Waals surface area contributed by atoms with E-state index in [2.05, 4.69) is 17.3 Å². The number of halogens is 2. The number of carbonyl (C=O) groups excluding carboxylic acids is 1. The number of carbonyl (C=O) groups is 1. The van der Waals surface area contributed by atoms with E-state index in [0.717, 1.165) is 22.2 Å². The van der Waals surface area contributed by atoms with Gasteiger partial charge < -0.3 is 38.5 Å². The van der Waals surface area contributed by atoms with E-state index < -0.39 is 0 Å². The standard InChI is InChI=1S/C26H28FN3O2.HI/c1-30(16-3-2-4-17-30)18-15-29-26(31)25-19-21(13-14-28-25)20-5-9-23(10-6-20)32-24-11-7-22(27)8-12-24;/h5-14,19H,2-4,15-18H2,1H3;1H. The highest BCUT2D eigenvalue weighted by atomic mass is 127. The van der Waals surface area contributed by atoms with Crippen LogP contribution in [-0.2, 0) is 0 Å². The van der Waals surface area contributed by atoms with Crippen molar-refractivity contribution in [2.45, 2.75) is 19.3 Å². The molecule has 1 aliphatic heterocycles. The number of aromatic nitrogens is 1. The van der Waals surface area contributed by atoms with Crippen LogP contribution in [0.5, 0.6) is 11.5 Å². The average molecular weight is 561 g/mol. The van der Waals surface area contributed by atoms with Crippen LogP contribution in [0.3, 0.4) is 0 Å². The van der Waals surface area contributed by atoms with Crippen LogP contribution < -0.4 is 34.0 Å². The third kappa shape index (κ3) is 6.98. The fourth-order valence-corrected chi connectivity index (χ4v) is 4.12. The molecule has 1 fully saturated rings. The summed E-state index contributed by atoms with van der Waals surface area (Å²) in [6.07, 6.45) is 5.51. The highest BCUT2D eigenvalue weighted by molar-refractivity contribution is 5.93. The van der Waals surface area contributed by atoms with E-state index in [4.69, 9.17) is 4.74 Å². The summed E-state index contributed by atoms with van der Waals surface area (Å²) in [5.41, 5.74) is 2.28. The van der Waals surface area contributed by atoms with Gasteiger partial charge in [-0.3, -0.25) is 9.78 Å². The second-order valence-electron chi connectivity index (χ2n) is 8.62. The first-order chi connectivity index (χ1) is 15.5. The van der Waals surface area contributed by atoms with Gasteiger partial charge in [-0.1, -0.05) is 12.1 Å². The lowest BCUT2D eigenvalue weighted by Crippen LogP contribution is -3.00. The van der Waals surface area contributed by atoms with E-state index in [1.54, 1.807) is 18.3 Å². The molecule has 5 nitrogen and oxygen atoms in total. The Bertz CT molecular complexity index is 1050. The number of pyridine rings is 1. The molecule has 2 heterocycles. The summed E-state index contributed by atoms with van der Waals surface area (Å²) in [5, 5.41) is 3.03. The van der Waals surface area contributed by atoms with E-state index >= 15 is 0 Å². The van der Waals surface area contributed by atoms with Crippen LogP contribution in [-0.4, -0.2) is 48.6 Å². The Morgan fingerprint density at radius 1 is 0.970 bits per heavy atom. The third-order valence-corrected chi connectivity index (χ3v) is 6.06. The van der Waals surface area contributed by atoms with Gasteiger partial charge in [0, 0.05) is 6.20 Å². The fourth-order valence-electron chi connectivity index (χ4n) is 4.12. The molecule has 0 atom stereocenters. The van der Waals surface area contributed by atoms with Gasteiger partial charge >= 0.3 is 0 Å². The SMILES string of the molecule is C[N+]1(CCNC(=O)c2cc(-c3ccc(Oc4ccc(F)cc4)cc3)ccn2)CCCCC1.[I-]. The molecule has 1 saturated heterocycles. The number of benzene rings is 2. The van der Waals surface area contributed by atoms with Crippen molar-refractivity contribution >= 4 is 5.91 Å². The van der Waals surface area contributed by atoms with Crippen molar-refractivity contribution in [3.05, 3.63) is 78.4 Å². The number of piperidine rings is 1. The lowest BCUT2D eigenvalue weighted by Gasteiger charge is -2.37. The molecule has 0 spiro atoms. The molecular weight excluding hydrogens is 532 g/mol. The first-order valence-electron chi connectivity index (χ1n) is 11.1. The predicted molar refractivity (Wildman–Crippen MR) is 123 cm³/mol. The second kappa shape index (κ2) is 11.6. The third-order valence-electron chi connectivity index (χ3n) is 6.06. The van der Waals surface area contributed by atoms with Crippen LogP contribution in [0.25, 0.3) is 11.1 Å². The Morgan fingerprint density at radius 3 is 2.27 bits per heavy atom. The van der Waals surface area contributed by atoms with Gasteiger partial charge in [-0.2, -0.15) is 0 Å². The molecule has 7 heteroatoms. The molecule has 1 N–H and O–H groups in total. The van der Waals surface area contributed by atoms with Gasteiger partial charge in [0.2, 0.25) is 0 Å². The van der Waals surface area contributed by atoms with Gasteiger partial charge in [0.1, 0.15) is 23.0 Å². The van der Waals surface area contributed by atoms with Crippen LogP contribution in [0, 0.1) is 5.82 Å². The zero-order chi connectivity index (χ0) is 22.4. The number of hydrogen-bond acceptors (Lipinski definition) is 3. The maximum Gasteiger partial charge on any atom is 0.270 e. The number of nitrogens with zero attached hydrogens (tertiary/aromatic N) is 2. The number of nitrogens with one attached hydrogen (secondary N) is 1. The highest BCUT2D eigenvalue weighted by Gasteiger charge is 2.24. The minimum absolute atomic E-state index is 0. The average Bonchev–Trinajstić information content (AvgIpc) is 2.81. The largest absolute Gasteiger partial charge is 1.00 e. The van der Waals surface area contributed by atoms with Crippen LogP contribution in [0.1, 0.15) is 29.8 Å². The van der Waals surface area contributed by atoms with E-state index in [1.807, 2.05) is 36.4 Å². The molecule has 174 valence electrons. The Balaban J connectivity index is 0.00000306. The Hall–Kier alpha value is -2.52. The van der Waals surface area contributed by atoms with E-state index in [9.17, 15) is 9.18 Å². The maximum absolute atomic E-state index is 13.0. The Kier molecular flexibility index (Phi) is 8.80. The van der Waals surface area contributed by atoms with E-state index in [0.29, 0.717) is 23.7 Å². The van der Waals surface area contributed by atoms with Crippen molar-refractivity contribution in [3.63, 3.8) is 0 Å². The van der Waals surface area contributed by atoms with Crippen LogP contribution in [0.2, 0.25) is 0 Å². The zero-order valence-corrected chi connectivity index (χ0v) is 20.9. The van der Waals surface area contributed by atoms with E-state index in [-0.39, 0.29) is 35.7 Å². The molecule has 3 aromatic rings. The summed E-state index contributed by atoms with van der Waals surface area (Å²) in [6.45, 7) is 3.96. The van der Waals surface area contributed by atoms with Crippen LogP contribution >= 0.6 is 0 Å². The number of ether oxygens (including phenoxy) is 1. The van der Waals surface area contributed by atoms with Crippen molar-refractivity contribution in [3.8, 4) is 22.6 Å². The van der Waals surface area contributed by atoms with E-state index in [1.165, 1.54) is 44.5 Å². The predicted octanol–water partition coefficient (Wildman–Crippen LogP) is 2.04. The first-order valence-corrected chi connectivity index (χ1v) is 11.1. The highest BCUT2D eigenvalue weighted by Crippen LogP contribution is 2.26. The van der Waals surface area contributed by atoms with Gasteiger partial charge in [-0.05, 0) is 78.9 Å². The van der Waals surface area contributed by atoms with Crippen molar-refractivity contribution < 1.29 is 42.4 Å². The summed E-state index contributed by atoms with van der Waals surface area (Å²) in [5.74, 6) is 0.781. The molecule has 1 amide bonds. The summed E-state index contributed by atoms with van der Waals surface area (Å²) >= 11 is 0. The normalized spacial score (nSPS) is 14.7. The molecule has 2 aromatic carbocycles. The summed E-state index contributed by atoms with van der Waals surface area (Å²) in [7, 11) is 2.27. The monoisotopic (exact) mass is 561 g/mol. The summed E-state index contributed by atoms with van der Waals surface area (Å²) in [6, 6.07) is 17.1. The molecule has 0 radical (unpaired) electrons. The smallest absolute Gasteiger partial charge is 0.270 e. The number of amides is 1. The molecule has 1 aliphatic rings. The van der Waals surface area contributed by atoms with Crippen LogP contribution in [0.15, 0.2) is 66.9 Å². The minimum Gasteiger partial charge on any atom is -1.00 e. The van der Waals surface area contributed by atoms with Crippen molar-refractivity contribution in [1.29, 1.82) is 0 Å². The van der Waals surface area contributed by atoms with Crippen LogP contribution in [0.4, 0.5) is 4.39 Å².